The molecule has 0 bridgehead atoms. The molecule has 1 fully saturated rings. The first-order valence-electron chi connectivity index (χ1n) is 11.2. The van der Waals surface area contributed by atoms with E-state index in [1.807, 2.05) is 24.3 Å². The van der Waals surface area contributed by atoms with E-state index in [1.54, 1.807) is 19.0 Å². The Kier molecular flexibility index (Phi) is 11.0. The first-order valence-corrected chi connectivity index (χ1v) is 11.2. The van der Waals surface area contributed by atoms with Crippen molar-refractivity contribution in [3.05, 3.63) is 71.3 Å². The van der Waals surface area contributed by atoms with Gasteiger partial charge in [0, 0.05) is 51.9 Å². The number of likely N-dealkylation sites (tertiary alicyclic amines) is 1. The molecule has 7 heteroatoms. The Morgan fingerprint density at radius 2 is 1.69 bits per heavy atom. The van der Waals surface area contributed by atoms with Crippen LogP contribution >= 0.6 is 24.0 Å². The highest BCUT2D eigenvalue weighted by Gasteiger charge is 2.20. The summed E-state index contributed by atoms with van der Waals surface area (Å²) < 4.78 is 0. The van der Waals surface area contributed by atoms with E-state index in [9.17, 15) is 4.79 Å². The summed E-state index contributed by atoms with van der Waals surface area (Å²) in [7, 11) is 3.53. The number of hydrogen-bond acceptors (Lipinski definition) is 3. The van der Waals surface area contributed by atoms with Gasteiger partial charge in [-0.2, -0.15) is 0 Å². The molecule has 0 unspecified atom stereocenters. The minimum atomic E-state index is 0. The molecule has 2 aromatic carbocycles. The van der Waals surface area contributed by atoms with Crippen molar-refractivity contribution in [3.8, 4) is 0 Å². The number of hydrogen-bond donors (Lipinski definition) is 2. The van der Waals surface area contributed by atoms with Crippen LogP contribution in [0.5, 0.6) is 0 Å². The summed E-state index contributed by atoms with van der Waals surface area (Å²) in [5, 5.41) is 6.97. The number of benzene rings is 2. The molecule has 2 N–H and O–H groups in total. The SMILES string of the molecule is CCNC(=NCc1ccc(C(=O)N(C)C)cc1)NC1CCN(Cc2ccccc2)CC1.I. The lowest BCUT2D eigenvalue weighted by molar-refractivity contribution is 0.0827. The van der Waals surface area contributed by atoms with Gasteiger partial charge in [-0.15, -0.1) is 24.0 Å². The van der Waals surface area contributed by atoms with Crippen LogP contribution in [-0.2, 0) is 13.1 Å². The highest BCUT2D eigenvalue weighted by molar-refractivity contribution is 14.0. The van der Waals surface area contributed by atoms with E-state index in [-0.39, 0.29) is 29.9 Å². The van der Waals surface area contributed by atoms with Gasteiger partial charge >= 0.3 is 0 Å². The molecule has 0 aromatic heterocycles. The number of piperidine rings is 1. The number of aliphatic imine (C=N–C) groups is 1. The van der Waals surface area contributed by atoms with E-state index in [4.69, 9.17) is 4.99 Å². The minimum Gasteiger partial charge on any atom is -0.357 e. The summed E-state index contributed by atoms with van der Waals surface area (Å²) in [6.07, 6.45) is 2.22. The molecule has 0 radical (unpaired) electrons. The van der Waals surface area contributed by atoms with Crippen LogP contribution in [0, 0.1) is 0 Å². The topological polar surface area (TPSA) is 60.0 Å². The van der Waals surface area contributed by atoms with Crippen molar-refractivity contribution >= 4 is 35.8 Å². The molecule has 32 heavy (non-hydrogen) atoms. The molecule has 0 atom stereocenters. The third kappa shape index (κ3) is 8.09. The second kappa shape index (κ2) is 13.4. The zero-order valence-electron chi connectivity index (χ0n) is 19.4. The number of amides is 1. The number of carbonyl (C=O) groups excluding carboxylic acids is 1. The lowest BCUT2D eigenvalue weighted by Gasteiger charge is -2.33. The Labute approximate surface area is 209 Å². The van der Waals surface area contributed by atoms with Gasteiger partial charge in [0.15, 0.2) is 5.96 Å². The Morgan fingerprint density at radius 3 is 2.28 bits per heavy atom. The molecule has 174 valence electrons. The first kappa shape index (κ1) is 26.1. The van der Waals surface area contributed by atoms with Crippen molar-refractivity contribution in [2.45, 2.75) is 38.9 Å². The standard InChI is InChI=1S/C25H35N5O.HI/c1-4-26-25(27-18-20-10-12-22(13-11-20)24(31)29(2)3)28-23-14-16-30(17-15-23)19-21-8-6-5-7-9-21;/h5-13,23H,4,14-19H2,1-3H3,(H2,26,27,28);1H. The molecule has 2 aromatic rings. The Bertz CT molecular complexity index is 846. The Hall–Kier alpha value is -2.13. The van der Waals surface area contributed by atoms with Gasteiger partial charge in [0.1, 0.15) is 0 Å². The highest BCUT2D eigenvalue weighted by atomic mass is 127. The van der Waals surface area contributed by atoms with Crippen LogP contribution in [0.25, 0.3) is 0 Å². The van der Waals surface area contributed by atoms with Crippen molar-refractivity contribution < 1.29 is 4.79 Å². The molecule has 1 amide bonds. The zero-order chi connectivity index (χ0) is 22.1. The maximum atomic E-state index is 12.0. The van der Waals surface area contributed by atoms with Crippen LogP contribution in [0.15, 0.2) is 59.6 Å². The molecule has 1 aliphatic rings. The van der Waals surface area contributed by atoms with Crippen molar-refractivity contribution in [3.63, 3.8) is 0 Å². The number of guanidine groups is 1. The third-order valence-electron chi connectivity index (χ3n) is 5.55. The van der Waals surface area contributed by atoms with Gasteiger partial charge in [-0.25, -0.2) is 4.99 Å². The van der Waals surface area contributed by atoms with Gasteiger partial charge in [-0.05, 0) is 43.0 Å². The molecule has 1 saturated heterocycles. The van der Waals surface area contributed by atoms with Gasteiger partial charge in [-0.1, -0.05) is 42.5 Å². The molecule has 0 aliphatic carbocycles. The summed E-state index contributed by atoms with van der Waals surface area (Å²) >= 11 is 0. The zero-order valence-corrected chi connectivity index (χ0v) is 21.7. The van der Waals surface area contributed by atoms with E-state index in [0.717, 1.165) is 50.5 Å². The summed E-state index contributed by atoms with van der Waals surface area (Å²) in [4.78, 5) is 20.9. The predicted octanol–water partition coefficient (Wildman–Crippen LogP) is 3.73. The van der Waals surface area contributed by atoms with Crippen LogP contribution in [0.1, 0.15) is 41.3 Å². The number of rotatable bonds is 7. The highest BCUT2D eigenvalue weighted by Crippen LogP contribution is 2.14. The Morgan fingerprint density at radius 1 is 1.03 bits per heavy atom. The summed E-state index contributed by atoms with van der Waals surface area (Å²) in [5.74, 6) is 0.876. The number of halogens is 1. The second-order valence-corrected chi connectivity index (χ2v) is 8.27. The van der Waals surface area contributed by atoms with E-state index in [2.05, 4.69) is 52.8 Å². The Balaban J connectivity index is 0.00000363. The number of carbonyl (C=O) groups is 1. The average molecular weight is 550 g/mol. The molecule has 6 nitrogen and oxygen atoms in total. The van der Waals surface area contributed by atoms with Crippen LogP contribution in [-0.4, -0.2) is 61.4 Å². The number of nitrogens with zero attached hydrogens (tertiary/aromatic N) is 3. The lowest BCUT2D eigenvalue weighted by Crippen LogP contribution is -2.48. The fraction of sp³-hybridized carbons (Fsp3) is 0.440. The lowest BCUT2D eigenvalue weighted by atomic mass is 10.0. The van der Waals surface area contributed by atoms with Crippen molar-refractivity contribution in [1.82, 2.24) is 20.4 Å². The van der Waals surface area contributed by atoms with Gasteiger partial charge in [-0.3, -0.25) is 9.69 Å². The quantitative estimate of drug-likeness (QED) is 0.314. The van der Waals surface area contributed by atoms with Crippen LogP contribution in [0.3, 0.4) is 0 Å². The van der Waals surface area contributed by atoms with Crippen molar-refractivity contribution in [2.75, 3.05) is 33.7 Å². The van der Waals surface area contributed by atoms with Gasteiger partial charge in [0.2, 0.25) is 0 Å². The molecule has 3 rings (SSSR count). The van der Waals surface area contributed by atoms with Gasteiger partial charge in [0.25, 0.3) is 5.91 Å². The third-order valence-corrected chi connectivity index (χ3v) is 5.55. The van der Waals surface area contributed by atoms with E-state index in [0.29, 0.717) is 18.2 Å². The molecule has 1 aliphatic heterocycles. The van der Waals surface area contributed by atoms with Crippen molar-refractivity contribution in [2.24, 2.45) is 4.99 Å². The van der Waals surface area contributed by atoms with Crippen LogP contribution < -0.4 is 10.6 Å². The van der Waals surface area contributed by atoms with Crippen LogP contribution in [0.2, 0.25) is 0 Å². The van der Waals surface area contributed by atoms with E-state index in [1.165, 1.54) is 5.56 Å². The average Bonchev–Trinajstić information content (AvgIpc) is 2.79. The van der Waals surface area contributed by atoms with E-state index >= 15 is 0 Å². The number of nitrogens with one attached hydrogen (secondary N) is 2. The summed E-state index contributed by atoms with van der Waals surface area (Å²) in [6.45, 7) is 6.70. The van der Waals surface area contributed by atoms with E-state index < -0.39 is 0 Å². The maximum Gasteiger partial charge on any atom is 0.253 e. The fourth-order valence-corrected chi connectivity index (χ4v) is 3.77. The molecule has 0 spiro atoms. The monoisotopic (exact) mass is 549 g/mol. The molecule has 1 heterocycles. The largest absolute Gasteiger partial charge is 0.357 e. The molecule has 0 saturated carbocycles. The normalized spacial score (nSPS) is 15.0. The summed E-state index contributed by atoms with van der Waals surface area (Å²) in [5.41, 5.74) is 3.16. The summed E-state index contributed by atoms with van der Waals surface area (Å²) in [6, 6.07) is 18.8. The van der Waals surface area contributed by atoms with Gasteiger partial charge in [0.05, 0.1) is 6.54 Å². The minimum absolute atomic E-state index is 0. The van der Waals surface area contributed by atoms with Crippen molar-refractivity contribution in [1.29, 1.82) is 0 Å². The smallest absolute Gasteiger partial charge is 0.253 e. The maximum absolute atomic E-state index is 12.0. The second-order valence-electron chi connectivity index (χ2n) is 8.27. The predicted molar refractivity (Wildman–Crippen MR) is 143 cm³/mol. The molecular formula is C25H36IN5O. The molecular weight excluding hydrogens is 513 g/mol. The van der Waals surface area contributed by atoms with Crippen LogP contribution in [0.4, 0.5) is 0 Å². The van der Waals surface area contributed by atoms with Gasteiger partial charge < -0.3 is 15.5 Å². The fourth-order valence-electron chi connectivity index (χ4n) is 3.77. The first-order chi connectivity index (χ1) is 15.0.